The second-order valence-electron chi connectivity index (χ2n) is 5.75. The molecule has 0 aromatic rings. The zero-order valence-corrected chi connectivity index (χ0v) is 11.3. The highest BCUT2D eigenvalue weighted by Gasteiger charge is 2.45. The van der Waals surface area contributed by atoms with E-state index >= 15 is 0 Å². The van der Waals surface area contributed by atoms with Gasteiger partial charge in [0.05, 0.1) is 5.54 Å². The summed E-state index contributed by atoms with van der Waals surface area (Å²) in [6.07, 6.45) is 5.20. The smallest absolute Gasteiger partial charge is 0.244 e. The van der Waals surface area contributed by atoms with E-state index in [-0.39, 0.29) is 17.9 Å². The van der Waals surface area contributed by atoms with Crippen LogP contribution in [0, 0.1) is 0 Å². The normalized spacial score (nSPS) is 26.4. The summed E-state index contributed by atoms with van der Waals surface area (Å²) < 4.78 is 0. The molecule has 2 fully saturated rings. The fourth-order valence-electron chi connectivity index (χ4n) is 3.07. The van der Waals surface area contributed by atoms with Gasteiger partial charge in [0.25, 0.3) is 0 Å². The first kappa shape index (κ1) is 13.3. The number of carbonyl (C=O) groups excluding carboxylic acids is 2. The highest BCUT2D eigenvalue weighted by Crippen LogP contribution is 2.31. The van der Waals surface area contributed by atoms with E-state index in [1.165, 1.54) is 0 Å². The topological polar surface area (TPSA) is 66.6 Å². The molecule has 1 aliphatic heterocycles. The Morgan fingerprint density at radius 3 is 2.39 bits per heavy atom. The van der Waals surface area contributed by atoms with Gasteiger partial charge >= 0.3 is 0 Å². The Morgan fingerprint density at radius 2 is 1.83 bits per heavy atom. The van der Waals surface area contributed by atoms with Crippen molar-refractivity contribution in [3.05, 3.63) is 0 Å². The lowest BCUT2D eigenvalue weighted by Gasteiger charge is -2.33. The predicted molar refractivity (Wildman–Crippen MR) is 68.8 cm³/mol. The minimum Gasteiger partial charge on any atom is -0.347 e. The summed E-state index contributed by atoms with van der Waals surface area (Å²) >= 11 is 0. The van der Waals surface area contributed by atoms with Gasteiger partial charge in [0.1, 0.15) is 6.04 Å². The Hall–Kier alpha value is -1.10. The van der Waals surface area contributed by atoms with Gasteiger partial charge in [-0.15, -0.1) is 0 Å². The molecule has 1 aliphatic carbocycles. The molecule has 0 aromatic heterocycles. The monoisotopic (exact) mass is 253 g/mol. The molecule has 1 saturated carbocycles. The van der Waals surface area contributed by atoms with E-state index in [1.54, 1.807) is 23.9 Å². The number of likely N-dealkylation sites (tertiary alicyclic amines) is 1. The molecule has 0 bridgehead atoms. The number of rotatable bonds is 2. The molecule has 1 unspecified atom stereocenters. The SMILES string of the molecule is CN(C)C(=O)C1CCCN1C(=O)C1(N)CCCC1. The summed E-state index contributed by atoms with van der Waals surface area (Å²) in [6, 6.07) is -0.298. The van der Waals surface area contributed by atoms with Gasteiger partial charge in [-0.2, -0.15) is 0 Å². The van der Waals surface area contributed by atoms with Gasteiger partial charge in [-0.05, 0) is 25.7 Å². The molecule has 5 heteroatoms. The highest BCUT2D eigenvalue weighted by molar-refractivity contribution is 5.92. The zero-order chi connectivity index (χ0) is 13.3. The average molecular weight is 253 g/mol. The second kappa shape index (κ2) is 4.88. The van der Waals surface area contributed by atoms with Crippen molar-refractivity contribution in [2.75, 3.05) is 20.6 Å². The van der Waals surface area contributed by atoms with Crippen molar-refractivity contribution in [3.63, 3.8) is 0 Å². The molecule has 5 nitrogen and oxygen atoms in total. The number of carbonyl (C=O) groups is 2. The van der Waals surface area contributed by atoms with Crippen LogP contribution in [0.2, 0.25) is 0 Å². The Labute approximate surface area is 108 Å². The second-order valence-corrected chi connectivity index (χ2v) is 5.75. The van der Waals surface area contributed by atoms with Gasteiger partial charge in [0.15, 0.2) is 0 Å². The van der Waals surface area contributed by atoms with Crippen LogP contribution in [-0.2, 0) is 9.59 Å². The van der Waals surface area contributed by atoms with Crippen molar-refractivity contribution in [1.29, 1.82) is 0 Å². The number of hydrogen-bond acceptors (Lipinski definition) is 3. The number of amides is 2. The third kappa shape index (κ3) is 2.23. The molecular weight excluding hydrogens is 230 g/mol. The molecule has 2 amide bonds. The molecule has 1 heterocycles. The third-order valence-electron chi connectivity index (χ3n) is 4.16. The van der Waals surface area contributed by atoms with E-state index in [2.05, 4.69) is 0 Å². The lowest BCUT2D eigenvalue weighted by atomic mass is 9.96. The van der Waals surface area contributed by atoms with Crippen molar-refractivity contribution in [2.45, 2.75) is 50.1 Å². The Kier molecular flexibility index (Phi) is 3.61. The van der Waals surface area contributed by atoms with E-state index in [0.29, 0.717) is 6.54 Å². The number of nitrogens with zero attached hydrogens (tertiary/aromatic N) is 2. The summed E-state index contributed by atoms with van der Waals surface area (Å²) in [6.45, 7) is 0.669. The van der Waals surface area contributed by atoms with E-state index < -0.39 is 5.54 Å². The standard InChI is InChI=1S/C13H23N3O2/c1-15(2)11(17)10-6-5-9-16(10)12(18)13(14)7-3-4-8-13/h10H,3-9,14H2,1-2H3. The van der Waals surface area contributed by atoms with Crippen molar-refractivity contribution in [2.24, 2.45) is 5.73 Å². The van der Waals surface area contributed by atoms with Gasteiger partial charge in [-0.25, -0.2) is 0 Å². The molecule has 2 rings (SSSR count). The average Bonchev–Trinajstić information content (AvgIpc) is 2.96. The maximum Gasteiger partial charge on any atom is 0.244 e. The van der Waals surface area contributed by atoms with Crippen LogP contribution in [0.25, 0.3) is 0 Å². The first-order chi connectivity index (χ1) is 8.46. The van der Waals surface area contributed by atoms with Gasteiger partial charge in [0, 0.05) is 20.6 Å². The maximum atomic E-state index is 12.5. The summed E-state index contributed by atoms with van der Waals surface area (Å²) in [5, 5.41) is 0. The van der Waals surface area contributed by atoms with Crippen LogP contribution >= 0.6 is 0 Å². The largest absolute Gasteiger partial charge is 0.347 e. The molecule has 0 radical (unpaired) electrons. The van der Waals surface area contributed by atoms with E-state index in [1.807, 2.05) is 0 Å². The zero-order valence-electron chi connectivity index (χ0n) is 11.3. The van der Waals surface area contributed by atoms with Crippen LogP contribution in [0.4, 0.5) is 0 Å². The molecular formula is C13H23N3O2. The number of hydrogen-bond donors (Lipinski definition) is 1. The van der Waals surface area contributed by atoms with Crippen LogP contribution in [0.5, 0.6) is 0 Å². The summed E-state index contributed by atoms with van der Waals surface area (Å²) in [7, 11) is 3.47. The Bertz CT molecular complexity index is 348. The van der Waals surface area contributed by atoms with Gasteiger partial charge in [0.2, 0.25) is 11.8 Å². The van der Waals surface area contributed by atoms with Crippen molar-refractivity contribution >= 4 is 11.8 Å². The number of nitrogens with two attached hydrogens (primary N) is 1. The van der Waals surface area contributed by atoms with Crippen LogP contribution in [-0.4, -0.2) is 53.8 Å². The molecule has 2 aliphatic rings. The molecule has 0 spiro atoms. The quantitative estimate of drug-likeness (QED) is 0.771. The first-order valence-corrected chi connectivity index (χ1v) is 6.77. The van der Waals surface area contributed by atoms with Crippen LogP contribution in [0.3, 0.4) is 0 Å². The highest BCUT2D eigenvalue weighted by atomic mass is 16.2. The van der Waals surface area contributed by atoms with E-state index in [0.717, 1.165) is 38.5 Å². The molecule has 2 N–H and O–H groups in total. The van der Waals surface area contributed by atoms with Gasteiger partial charge in [-0.3, -0.25) is 9.59 Å². The molecule has 0 aromatic carbocycles. The Balaban J connectivity index is 2.12. The van der Waals surface area contributed by atoms with Crippen LogP contribution in [0.1, 0.15) is 38.5 Å². The predicted octanol–water partition coefficient (Wildman–Crippen LogP) is 0.337. The van der Waals surface area contributed by atoms with Gasteiger partial charge in [-0.1, -0.05) is 12.8 Å². The first-order valence-electron chi connectivity index (χ1n) is 6.77. The summed E-state index contributed by atoms with van der Waals surface area (Å²) in [4.78, 5) is 27.9. The minimum atomic E-state index is -0.713. The van der Waals surface area contributed by atoms with Crippen molar-refractivity contribution < 1.29 is 9.59 Å². The summed E-state index contributed by atoms with van der Waals surface area (Å²) in [5.74, 6) is 0.000136. The van der Waals surface area contributed by atoms with Crippen LogP contribution in [0.15, 0.2) is 0 Å². The molecule has 1 saturated heterocycles. The molecule has 1 atom stereocenters. The van der Waals surface area contributed by atoms with E-state index in [9.17, 15) is 9.59 Å². The third-order valence-corrected chi connectivity index (χ3v) is 4.16. The summed E-state index contributed by atoms with van der Waals surface area (Å²) in [5.41, 5.74) is 5.49. The fraction of sp³-hybridized carbons (Fsp3) is 0.846. The lowest BCUT2D eigenvalue weighted by molar-refractivity contribution is -0.145. The molecule has 18 heavy (non-hydrogen) atoms. The van der Waals surface area contributed by atoms with E-state index in [4.69, 9.17) is 5.73 Å². The lowest BCUT2D eigenvalue weighted by Crippen LogP contribution is -2.57. The van der Waals surface area contributed by atoms with Crippen molar-refractivity contribution in [3.8, 4) is 0 Å². The molecule has 102 valence electrons. The van der Waals surface area contributed by atoms with Crippen LogP contribution < -0.4 is 5.73 Å². The maximum absolute atomic E-state index is 12.5. The Morgan fingerprint density at radius 1 is 1.22 bits per heavy atom. The van der Waals surface area contributed by atoms with Gasteiger partial charge < -0.3 is 15.5 Å². The minimum absolute atomic E-state index is 0.0160. The van der Waals surface area contributed by atoms with Crippen molar-refractivity contribution in [1.82, 2.24) is 9.80 Å². The fourth-order valence-corrected chi connectivity index (χ4v) is 3.07. The number of likely N-dealkylation sites (N-methyl/N-ethyl adjacent to an activating group) is 1.